The molecule has 2 heterocycles. The molecule has 3 rings (SSSR count). The van der Waals surface area contributed by atoms with Crippen LogP contribution < -0.4 is 0 Å². The van der Waals surface area contributed by atoms with E-state index in [9.17, 15) is 4.79 Å². The normalized spacial score (nSPS) is 23.5. The minimum atomic E-state index is 0.0474. The molecule has 15 heavy (non-hydrogen) atoms. The molecule has 1 aromatic rings. The standard InChI is InChI=1S/C13H13NO/c1-9-8-12-11-5-3-2-4-10(11)6-7-14(12)13(9)15/h2-5,8-9H,6-7H2,1H3. The Morgan fingerprint density at radius 2 is 2.13 bits per heavy atom. The summed E-state index contributed by atoms with van der Waals surface area (Å²) >= 11 is 0. The van der Waals surface area contributed by atoms with Crippen LogP contribution in [0.2, 0.25) is 0 Å². The first-order valence-electron chi connectivity index (χ1n) is 5.39. The zero-order valence-corrected chi connectivity index (χ0v) is 8.73. The lowest BCUT2D eigenvalue weighted by atomic mass is 9.97. The summed E-state index contributed by atoms with van der Waals surface area (Å²) in [5.41, 5.74) is 3.72. The third-order valence-electron chi connectivity index (χ3n) is 3.25. The van der Waals surface area contributed by atoms with Gasteiger partial charge in [0.05, 0.1) is 5.92 Å². The fraction of sp³-hybridized carbons (Fsp3) is 0.308. The number of nitrogens with zero attached hydrogens (tertiary/aromatic N) is 1. The van der Waals surface area contributed by atoms with Crippen LogP contribution >= 0.6 is 0 Å². The van der Waals surface area contributed by atoms with Crippen molar-refractivity contribution >= 4 is 11.6 Å². The van der Waals surface area contributed by atoms with E-state index in [0.29, 0.717) is 0 Å². The first kappa shape index (κ1) is 8.72. The summed E-state index contributed by atoms with van der Waals surface area (Å²) in [6, 6.07) is 8.37. The fourth-order valence-electron chi connectivity index (χ4n) is 2.45. The number of fused-ring (bicyclic) bond motifs is 3. The first-order chi connectivity index (χ1) is 7.27. The van der Waals surface area contributed by atoms with Gasteiger partial charge in [-0.05, 0) is 25.0 Å². The van der Waals surface area contributed by atoms with Crippen molar-refractivity contribution in [1.82, 2.24) is 4.90 Å². The van der Waals surface area contributed by atoms with Crippen LogP contribution in [-0.2, 0) is 11.2 Å². The molecule has 0 saturated carbocycles. The van der Waals surface area contributed by atoms with Crippen molar-refractivity contribution < 1.29 is 4.79 Å². The van der Waals surface area contributed by atoms with E-state index in [0.717, 1.165) is 18.7 Å². The highest BCUT2D eigenvalue weighted by atomic mass is 16.2. The number of rotatable bonds is 0. The maximum absolute atomic E-state index is 11.8. The van der Waals surface area contributed by atoms with E-state index >= 15 is 0 Å². The van der Waals surface area contributed by atoms with Crippen LogP contribution in [0, 0.1) is 5.92 Å². The molecule has 0 fully saturated rings. The highest BCUT2D eigenvalue weighted by Crippen LogP contribution is 2.35. The van der Waals surface area contributed by atoms with Crippen molar-refractivity contribution in [3.05, 3.63) is 41.5 Å². The largest absolute Gasteiger partial charge is 0.311 e. The Labute approximate surface area is 89.2 Å². The lowest BCUT2D eigenvalue weighted by Gasteiger charge is -2.27. The van der Waals surface area contributed by atoms with Crippen LogP contribution in [0.5, 0.6) is 0 Å². The second-order valence-electron chi connectivity index (χ2n) is 4.24. The summed E-state index contributed by atoms with van der Waals surface area (Å²) in [5, 5.41) is 0. The van der Waals surface area contributed by atoms with Gasteiger partial charge in [0.2, 0.25) is 5.91 Å². The van der Waals surface area contributed by atoms with Crippen molar-refractivity contribution in [3.8, 4) is 0 Å². The number of carbonyl (C=O) groups excluding carboxylic acids is 1. The Kier molecular flexibility index (Phi) is 1.72. The van der Waals surface area contributed by atoms with Gasteiger partial charge in [0.25, 0.3) is 0 Å². The van der Waals surface area contributed by atoms with Crippen molar-refractivity contribution in [2.24, 2.45) is 5.92 Å². The van der Waals surface area contributed by atoms with Crippen LogP contribution in [0.1, 0.15) is 18.1 Å². The van der Waals surface area contributed by atoms with Crippen molar-refractivity contribution in [2.75, 3.05) is 6.54 Å². The molecule has 0 N–H and O–H groups in total. The molecule has 76 valence electrons. The van der Waals surface area contributed by atoms with Gasteiger partial charge in [-0.25, -0.2) is 0 Å². The van der Waals surface area contributed by atoms with Gasteiger partial charge in [-0.2, -0.15) is 0 Å². The summed E-state index contributed by atoms with van der Waals surface area (Å²) in [6.45, 7) is 2.81. The number of amides is 1. The Bertz CT molecular complexity index is 461. The van der Waals surface area contributed by atoms with E-state index in [2.05, 4.69) is 24.3 Å². The van der Waals surface area contributed by atoms with E-state index in [-0.39, 0.29) is 11.8 Å². The summed E-state index contributed by atoms with van der Waals surface area (Å²) in [6.07, 6.45) is 3.06. The fourth-order valence-corrected chi connectivity index (χ4v) is 2.45. The van der Waals surface area contributed by atoms with Gasteiger partial charge in [0, 0.05) is 17.8 Å². The van der Waals surface area contributed by atoms with Crippen molar-refractivity contribution in [3.63, 3.8) is 0 Å². The molecule has 1 amide bonds. The van der Waals surface area contributed by atoms with Crippen LogP contribution in [0.3, 0.4) is 0 Å². The average molecular weight is 199 g/mol. The minimum absolute atomic E-state index is 0.0474. The molecule has 1 aromatic carbocycles. The second kappa shape index (κ2) is 2.96. The third-order valence-corrected chi connectivity index (χ3v) is 3.25. The molecular formula is C13H13NO. The molecule has 1 atom stereocenters. The number of benzene rings is 1. The molecule has 0 radical (unpaired) electrons. The van der Waals surface area contributed by atoms with E-state index in [1.54, 1.807) is 0 Å². The van der Waals surface area contributed by atoms with Gasteiger partial charge in [-0.15, -0.1) is 0 Å². The Hall–Kier alpha value is -1.57. The summed E-state index contributed by atoms with van der Waals surface area (Å²) in [5.74, 6) is 0.297. The minimum Gasteiger partial charge on any atom is -0.311 e. The molecule has 0 aromatic heterocycles. The number of hydrogen-bond donors (Lipinski definition) is 0. The van der Waals surface area contributed by atoms with Crippen LogP contribution in [0.4, 0.5) is 0 Å². The van der Waals surface area contributed by atoms with Crippen molar-refractivity contribution in [2.45, 2.75) is 13.3 Å². The van der Waals surface area contributed by atoms with Crippen LogP contribution in [-0.4, -0.2) is 17.4 Å². The molecule has 0 spiro atoms. The smallest absolute Gasteiger partial charge is 0.233 e. The van der Waals surface area contributed by atoms with Crippen LogP contribution in [0.15, 0.2) is 30.3 Å². The van der Waals surface area contributed by atoms with Crippen LogP contribution in [0.25, 0.3) is 5.70 Å². The lowest BCUT2D eigenvalue weighted by Crippen LogP contribution is -2.32. The Morgan fingerprint density at radius 3 is 3.00 bits per heavy atom. The maximum Gasteiger partial charge on any atom is 0.233 e. The SMILES string of the molecule is CC1C=C2c3ccccc3CCN2C1=O. The zero-order chi connectivity index (χ0) is 10.4. The van der Waals surface area contributed by atoms with Gasteiger partial charge >= 0.3 is 0 Å². The highest BCUT2D eigenvalue weighted by molar-refractivity contribution is 5.96. The second-order valence-corrected chi connectivity index (χ2v) is 4.24. The van der Waals surface area contributed by atoms with Gasteiger partial charge in [-0.1, -0.05) is 24.3 Å². The summed E-state index contributed by atoms with van der Waals surface area (Å²) in [7, 11) is 0. The molecule has 1 unspecified atom stereocenters. The first-order valence-corrected chi connectivity index (χ1v) is 5.39. The monoisotopic (exact) mass is 199 g/mol. The Balaban J connectivity index is 2.15. The number of carbonyl (C=O) groups is 1. The molecule has 0 bridgehead atoms. The molecular weight excluding hydrogens is 186 g/mol. The topological polar surface area (TPSA) is 20.3 Å². The highest BCUT2D eigenvalue weighted by Gasteiger charge is 2.33. The Morgan fingerprint density at radius 1 is 1.33 bits per heavy atom. The van der Waals surface area contributed by atoms with E-state index < -0.39 is 0 Å². The zero-order valence-electron chi connectivity index (χ0n) is 8.73. The molecule has 0 saturated heterocycles. The summed E-state index contributed by atoms with van der Waals surface area (Å²) in [4.78, 5) is 13.7. The van der Waals surface area contributed by atoms with E-state index in [1.807, 2.05) is 17.9 Å². The van der Waals surface area contributed by atoms with Gasteiger partial charge in [-0.3, -0.25) is 4.79 Å². The molecule has 2 nitrogen and oxygen atoms in total. The lowest BCUT2D eigenvalue weighted by molar-refractivity contribution is -0.129. The van der Waals surface area contributed by atoms with Gasteiger partial charge < -0.3 is 4.90 Å². The third kappa shape index (κ3) is 1.14. The molecule has 0 aliphatic carbocycles. The van der Waals surface area contributed by atoms with Gasteiger partial charge in [0.1, 0.15) is 0 Å². The van der Waals surface area contributed by atoms with E-state index in [4.69, 9.17) is 0 Å². The quantitative estimate of drug-likeness (QED) is 0.626. The predicted molar refractivity (Wildman–Crippen MR) is 59.0 cm³/mol. The van der Waals surface area contributed by atoms with E-state index in [1.165, 1.54) is 11.1 Å². The van der Waals surface area contributed by atoms with Crippen molar-refractivity contribution in [1.29, 1.82) is 0 Å². The molecule has 2 aliphatic rings. The summed E-state index contributed by atoms with van der Waals surface area (Å²) < 4.78 is 0. The van der Waals surface area contributed by atoms with Gasteiger partial charge in [0.15, 0.2) is 0 Å². The maximum atomic E-state index is 11.8. The average Bonchev–Trinajstić information content (AvgIpc) is 2.56. The number of hydrogen-bond acceptors (Lipinski definition) is 1. The molecule has 2 aliphatic heterocycles. The predicted octanol–water partition coefficient (Wildman–Crippen LogP) is 2.06. The molecule has 2 heteroatoms.